The van der Waals surface area contributed by atoms with Gasteiger partial charge in [-0.2, -0.15) is 0 Å². The third-order valence-electron chi connectivity index (χ3n) is 4.87. The number of hydrogen-bond acceptors (Lipinski definition) is 4. The van der Waals surface area contributed by atoms with Crippen LogP contribution in [0.5, 0.6) is 0 Å². The first-order chi connectivity index (χ1) is 16.0. The Morgan fingerprint density at radius 3 is 1.97 bits per heavy atom. The second-order valence-electron chi connectivity index (χ2n) is 9.05. The molecule has 0 aromatic heterocycles. The Hall–Kier alpha value is -1.71. The van der Waals surface area contributed by atoms with E-state index in [-0.39, 0.29) is 27.3 Å². The molecule has 1 N–H and O–H groups in total. The highest BCUT2D eigenvalue weighted by atomic mass is 35.5. The molecule has 0 aliphatic rings. The molecule has 0 aliphatic heterocycles. The molecule has 2 rings (SSSR count). The van der Waals surface area contributed by atoms with Crippen LogP contribution in [-0.2, 0) is 26.2 Å². The van der Waals surface area contributed by atoms with Gasteiger partial charge in [0.25, 0.3) is 0 Å². The third kappa shape index (κ3) is 8.43. The standard InChI is InChI=1S/C23H27Cl4N3O4S/c1-14(22(32)28-23(2,3)4)29(12-15-6-8-17(24)19(26)10-15)21(31)13-30(35(5,33)34)16-7-9-18(25)20(27)11-16/h6-11,14H,12-13H2,1-5H3,(H,28,32). The van der Waals surface area contributed by atoms with E-state index in [1.54, 1.807) is 25.1 Å². The van der Waals surface area contributed by atoms with Crippen LogP contribution in [0.25, 0.3) is 0 Å². The van der Waals surface area contributed by atoms with E-state index in [9.17, 15) is 18.0 Å². The molecule has 35 heavy (non-hydrogen) atoms. The first kappa shape index (κ1) is 29.5. The summed E-state index contributed by atoms with van der Waals surface area (Å²) in [6.45, 7) is 6.45. The highest BCUT2D eigenvalue weighted by Gasteiger charge is 2.31. The van der Waals surface area contributed by atoms with Gasteiger partial charge in [-0.3, -0.25) is 13.9 Å². The molecule has 0 spiro atoms. The van der Waals surface area contributed by atoms with Crippen LogP contribution in [0.1, 0.15) is 33.3 Å². The normalized spacial score (nSPS) is 12.7. The molecule has 12 heteroatoms. The lowest BCUT2D eigenvalue weighted by Gasteiger charge is -2.33. The van der Waals surface area contributed by atoms with Crippen LogP contribution in [0, 0.1) is 0 Å². The molecule has 0 fully saturated rings. The zero-order valence-electron chi connectivity index (χ0n) is 19.9. The SMILES string of the molecule is CC(C(=O)NC(C)(C)C)N(Cc1ccc(Cl)c(Cl)c1)C(=O)CN(c1ccc(Cl)c(Cl)c1)S(C)(=O)=O. The van der Waals surface area contributed by atoms with Crippen LogP contribution in [0.3, 0.4) is 0 Å². The Morgan fingerprint density at radius 2 is 1.49 bits per heavy atom. The lowest BCUT2D eigenvalue weighted by Crippen LogP contribution is -2.54. The van der Waals surface area contributed by atoms with E-state index in [2.05, 4.69) is 5.32 Å². The van der Waals surface area contributed by atoms with Crippen LogP contribution in [0.2, 0.25) is 20.1 Å². The van der Waals surface area contributed by atoms with Gasteiger partial charge in [0, 0.05) is 12.1 Å². The summed E-state index contributed by atoms with van der Waals surface area (Å²) in [6, 6.07) is 8.17. The van der Waals surface area contributed by atoms with Gasteiger partial charge in [0.2, 0.25) is 21.8 Å². The van der Waals surface area contributed by atoms with Gasteiger partial charge < -0.3 is 10.2 Å². The van der Waals surface area contributed by atoms with Gasteiger partial charge >= 0.3 is 0 Å². The van der Waals surface area contributed by atoms with Crippen molar-refractivity contribution < 1.29 is 18.0 Å². The number of benzene rings is 2. The predicted molar refractivity (Wildman–Crippen MR) is 143 cm³/mol. The number of anilines is 1. The van der Waals surface area contributed by atoms with Crippen LogP contribution < -0.4 is 9.62 Å². The Morgan fingerprint density at radius 1 is 0.943 bits per heavy atom. The summed E-state index contributed by atoms with van der Waals surface area (Å²) in [7, 11) is -3.89. The highest BCUT2D eigenvalue weighted by Crippen LogP contribution is 2.29. The first-order valence-corrected chi connectivity index (χ1v) is 13.8. The second kappa shape index (κ2) is 11.6. The molecule has 2 aromatic rings. The molecular weight excluding hydrogens is 556 g/mol. The van der Waals surface area contributed by atoms with Gasteiger partial charge in [0.1, 0.15) is 12.6 Å². The van der Waals surface area contributed by atoms with Gasteiger partial charge in [0.15, 0.2) is 0 Å². The Bertz CT molecular complexity index is 1220. The van der Waals surface area contributed by atoms with Crippen molar-refractivity contribution in [3.63, 3.8) is 0 Å². The van der Waals surface area contributed by atoms with Crippen molar-refractivity contribution in [1.82, 2.24) is 10.2 Å². The largest absolute Gasteiger partial charge is 0.350 e. The number of hydrogen-bond donors (Lipinski definition) is 1. The average Bonchev–Trinajstić information content (AvgIpc) is 2.72. The van der Waals surface area contributed by atoms with E-state index in [1.165, 1.54) is 23.1 Å². The van der Waals surface area contributed by atoms with Gasteiger partial charge in [-0.15, -0.1) is 0 Å². The van der Waals surface area contributed by atoms with Crippen molar-refractivity contribution in [1.29, 1.82) is 0 Å². The van der Waals surface area contributed by atoms with Gasteiger partial charge in [-0.1, -0.05) is 52.5 Å². The summed E-state index contributed by atoms with van der Waals surface area (Å²) < 4.78 is 26.1. The van der Waals surface area contributed by atoms with Gasteiger partial charge in [0.05, 0.1) is 32.0 Å². The Balaban J connectivity index is 2.45. The molecule has 0 heterocycles. The van der Waals surface area contributed by atoms with Gasteiger partial charge in [-0.05, 0) is 63.6 Å². The molecule has 0 saturated carbocycles. The second-order valence-corrected chi connectivity index (χ2v) is 12.6. The molecule has 7 nitrogen and oxygen atoms in total. The maximum Gasteiger partial charge on any atom is 0.244 e. The van der Waals surface area contributed by atoms with E-state index in [4.69, 9.17) is 46.4 Å². The monoisotopic (exact) mass is 581 g/mol. The van der Waals surface area contributed by atoms with Crippen molar-refractivity contribution in [3.8, 4) is 0 Å². The summed E-state index contributed by atoms with van der Waals surface area (Å²) in [5.74, 6) is -1.00. The fourth-order valence-electron chi connectivity index (χ4n) is 3.15. The highest BCUT2D eigenvalue weighted by molar-refractivity contribution is 7.92. The first-order valence-electron chi connectivity index (χ1n) is 10.5. The summed E-state index contributed by atoms with van der Waals surface area (Å²) in [4.78, 5) is 27.7. The topological polar surface area (TPSA) is 86.8 Å². The minimum atomic E-state index is -3.89. The summed E-state index contributed by atoms with van der Waals surface area (Å²) >= 11 is 24.2. The van der Waals surface area contributed by atoms with Crippen molar-refractivity contribution in [3.05, 3.63) is 62.1 Å². The number of nitrogens with zero attached hydrogens (tertiary/aromatic N) is 2. The number of rotatable bonds is 8. The van der Waals surface area contributed by atoms with Gasteiger partial charge in [-0.25, -0.2) is 8.42 Å². The molecule has 0 aliphatic carbocycles. The number of carbonyl (C=O) groups is 2. The van der Waals surface area contributed by atoms with Crippen molar-refractivity contribution >= 4 is 73.9 Å². The van der Waals surface area contributed by atoms with E-state index < -0.39 is 40.0 Å². The summed E-state index contributed by atoms with van der Waals surface area (Å²) in [5.41, 5.74) is 0.239. The lowest BCUT2D eigenvalue weighted by molar-refractivity contribution is -0.140. The number of sulfonamides is 1. The van der Waals surface area contributed by atoms with E-state index in [0.29, 0.717) is 10.6 Å². The molecule has 192 valence electrons. The lowest BCUT2D eigenvalue weighted by atomic mass is 10.1. The number of halogens is 4. The summed E-state index contributed by atoms with van der Waals surface area (Å²) in [5, 5.41) is 3.85. The van der Waals surface area contributed by atoms with Crippen LogP contribution >= 0.6 is 46.4 Å². The molecule has 2 amide bonds. The predicted octanol–water partition coefficient (Wildman–Crippen LogP) is 5.40. The van der Waals surface area contributed by atoms with Crippen molar-refractivity contribution in [2.24, 2.45) is 0 Å². The number of amides is 2. The zero-order valence-corrected chi connectivity index (χ0v) is 23.7. The number of carbonyl (C=O) groups excluding carboxylic acids is 2. The Kier molecular flexibility index (Phi) is 9.75. The molecule has 0 radical (unpaired) electrons. The molecule has 2 aromatic carbocycles. The fraction of sp³-hybridized carbons (Fsp3) is 0.391. The molecular formula is C23H27Cl4N3O4S. The Labute approximate surface area is 226 Å². The zero-order chi connectivity index (χ0) is 26.7. The third-order valence-corrected chi connectivity index (χ3v) is 7.49. The maximum atomic E-state index is 13.5. The molecule has 0 bridgehead atoms. The van der Waals surface area contributed by atoms with E-state index in [1.807, 2.05) is 20.8 Å². The smallest absolute Gasteiger partial charge is 0.244 e. The minimum Gasteiger partial charge on any atom is -0.350 e. The quantitative estimate of drug-likeness (QED) is 0.451. The van der Waals surface area contributed by atoms with Crippen molar-refractivity contribution in [2.75, 3.05) is 17.1 Å². The average molecular weight is 583 g/mol. The van der Waals surface area contributed by atoms with Crippen LogP contribution in [-0.4, -0.2) is 49.5 Å². The van der Waals surface area contributed by atoms with E-state index >= 15 is 0 Å². The minimum absolute atomic E-state index is 0.00652. The number of nitrogens with one attached hydrogen (secondary N) is 1. The maximum absolute atomic E-state index is 13.5. The van der Waals surface area contributed by atoms with Crippen LogP contribution in [0.4, 0.5) is 5.69 Å². The van der Waals surface area contributed by atoms with E-state index in [0.717, 1.165) is 10.6 Å². The molecule has 0 saturated heterocycles. The molecule has 1 unspecified atom stereocenters. The fourth-order valence-corrected chi connectivity index (χ4v) is 4.60. The van der Waals surface area contributed by atoms with Crippen molar-refractivity contribution in [2.45, 2.75) is 45.8 Å². The molecule has 1 atom stereocenters. The summed E-state index contributed by atoms with van der Waals surface area (Å²) in [6.07, 6.45) is 0.974. The van der Waals surface area contributed by atoms with Crippen LogP contribution in [0.15, 0.2) is 36.4 Å².